The Hall–Kier alpha value is -3.42. The monoisotopic (exact) mass is 429 g/mol. The molecular weight excluding hydrogens is 401 g/mol. The van der Waals surface area contributed by atoms with E-state index >= 15 is 0 Å². The van der Waals surface area contributed by atoms with E-state index in [0.29, 0.717) is 23.5 Å². The Labute approximate surface area is 181 Å². The molecule has 0 fully saturated rings. The highest BCUT2D eigenvalue weighted by atomic mass is 19.1. The maximum atomic E-state index is 13.1. The summed E-state index contributed by atoms with van der Waals surface area (Å²) in [6, 6.07) is 9.99. The molecule has 2 aromatic rings. The zero-order valence-electron chi connectivity index (χ0n) is 18.3. The van der Waals surface area contributed by atoms with E-state index in [9.17, 15) is 14.0 Å². The van der Waals surface area contributed by atoms with Crippen LogP contribution in [0.4, 0.5) is 10.1 Å². The minimum Gasteiger partial charge on any atom is -0.497 e. The molecule has 1 unspecified atom stereocenters. The van der Waals surface area contributed by atoms with Crippen LogP contribution in [0, 0.1) is 16.6 Å². The molecule has 0 saturated heterocycles. The number of benzene rings is 2. The normalized spacial score (nSPS) is 11.9. The summed E-state index contributed by atoms with van der Waals surface area (Å²) in [5.74, 6) is -1.08. The van der Waals surface area contributed by atoms with Gasteiger partial charge in [0.25, 0.3) is 5.91 Å². The fourth-order valence-corrected chi connectivity index (χ4v) is 2.89. The van der Waals surface area contributed by atoms with Gasteiger partial charge < -0.3 is 20.1 Å². The van der Waals surface area contributed by atoms with Crippen molar-refractivity contribution in [1.82, 2.24) is 5.32 Å². The van der Waals surface area contributed by atoms with Gasteiger partial charge in [-0.05, 0) is 35.2 Å². The standard InChI is InChI=1S/C23H28FN3O4/c1-23(2,3)20(22(29)31-5)27-21(28)19(25)17-11-10-16(30-4)12-18(17)26-13-14-6-8-15(24)9-7-14/h6-12,20,25-26H,13H2,1-5H3,(H,27,28). The summed E-state index contributed by atoms with van der Waals surface area (Å²) < 4.78 is 23.2. The number of halogens is 1. The lowest BCUT2D eigenvalue weighted by Crippen LogP contribution is -2.51. The molecule has 0 aliphatic rings. The first-order chi connectivity index (χ1) is 14.6. The molecule has 0 aliphatic carbocycles. The summed E-state index contributed by atoms with van der Waals surface area (Å²) in [6.45, 7) is 5.73. The molecular formula is C23H28FN3O4. The first kappa shape index (κ1) is 23.9. The molecule has 2 rings (SSSR count). The van der Waals surface area contributed by atoms with Crippen LogP contribution in [-0.2, 0) is 20.9 Å². The number of carbonyl (C=O) groups excluding carboxylic acids is 2. The molecule has 0 spiro atoms. The van der Waals surface area contributed by atoms with Gasteiger partial charge in [0.1, 0.15) is 23.3 Å². The van der Waals surface area contributed by atoms with Gasteiger partial charge in [-0.1, -0.05) is 32.9 Å². The Morgan fingerprint density at radius 2 is 1.74 bits per heavy atom. The van der Waals surface area contributed by atoms with Crippen LogP contribution in [0.15, 0.2) is 42.5 Å². The number of rotatable bonds is 8. The molecule has 0 aliphatic heterocycles. The zero-order valence-corrected chi connectivity index (χ0v) is 18.3. The molecule has 7 nitrogen and oxygen atoms in total. The van der Waals surface area contributed by atoms with Gasteiger partial charge in [0.2, 0.25) is 0 Å². The number of hydrogen-bond donors (Lipinski definition) is 3. The summed E-state index contributed by atoms with van der Waals surface area (Å²) in [7, 11) is 2.76. The number of anilines is 1. The van der Waals surface area contributed by atoms with Crippen molar-refractivity contribution in [2.75, 3.05) is 19.5 Å². The molecule has 2 aromatic carbocycles. The second-order valence-corrected chi connectivity index (χ2v) is 8.06. The van der Waals surface area contributed by atoms with Crippen molar-refractivity contribution >= 4 is 23.3 Å². The molecule has 31 heavy (non-hydrogen) atoms. The van der Waals surface area contributed by atoms with Crippen LogP contribution in [0.25, 0.3) is 0 Å². The van der Waals surface area contributed by atoms with Crippen LogP contribution >= 0.6 is 0 Å². The maximum absolute atomic E-state index is 13.1. The molecule has 0 aromatic heterocycles. The van der Waals surface area contributed by atoms with Gasteiger partial charge in [-0.25, -0.2) is 9.18 Å². The Kier molecular flexibility index (Phi) is 7.74. The van der Waals surface area contributed by atoms with Gasteiger partial charge in [0.15, 0.2) is 0 Å². The van der Waals surface area contributed by atoms with Crippen LogP contribution in [0.2, 0.25) is 0 Å². The van der Waals surface area contributed by atoms with Crippen molar-refractivity contribution in [2.24, 2.45) is 5.41 Å². The smallest absolute Gasteiger partial charge is 0.328 e. The Morgan fingerprint density at radius 1 is 1.10 bits per heavy atom. The Balaban J connectivity index is 2.26. The topological polar surface area (TPSA) is 101 Å². The largest absolute Gasteiger partial charge is 0.497 e. The quantitative estimate of drug-likeness (QED) is 0.440. The summed E-state index contributed by atoms with van der Waals surface area (Å²) in [6.07, 6.45) is 0. The van der Waals surface area contributed by atoms with Crippen LogP contribution in [0.1, 0.15) is 31.9 Å². The average molecular weight is 429 g/mol. The number of hydrogen-bond acceptors (Lipinski definition) is 6. The van der Waals surface area contributed by atoms with Gasteiger partial charge in [-0.2, -0.15) is 0 Å². The summed E-state index contributed by atoms with van der Waals surface area (Å²) in [4.78, 5) is 24.9. The van der Waals surface area contributed by atoms with Crippen molar-refractivity contribution in [3.05, 3.63) is 59.4 Å². The van der Waals surface area contributed by atoms with Crippen molar-refractivity contribution in [2.45, 2.75) is 33.4 Å². The summed E-state index contributed by atoms with van der Waals surface area (Å²) in [5.41, 5.74) is 0.728. The molecule has 8 heteroatoms. The molecule has 0 heterocycles. The Bertz CT molecular complexity index is 952. The van der Waals surface area contributed by atoms with Gasteiger partial charge >= 0.3 is 5.97 Å². The van der Waals surface area contributed by atoms with E-state index in [1.807, 2.05) is 0 Å². The molecule has 3 N–H and O–H groups in total. The Morgan fingerprint density at radius 3 is 2.29 bits per heavy atom. The lowest BCUT2D eigenvalue weighted by molar-refractivity contribution is -0.147. The van der Waals surface area contributed by atoms with E-state index in [-0.39, 0.29) is 11.5 Å². The lowest BCUT2D eigenvalue weighted by atomic mass is 9.86. The predicted molar refractivity (Wildman–Crippen MR) is 117 cm³/mol. The highest BCUT2D eigenvalue weighted by Gasteiger charge is 2.34. The highest BCUT2D eigenvalue weighted by Crippen LogP contribution is 2.25. The fourth-order valence-electron chi connectivity index (χ4n) is 2.89. The first-order valence-electron chi connectivity index (χ1n) is 9.70. The third-order valence-electron chi connectivity index (χ3n) is 4.70. The van der Waals surface area contributed by atoms with Gasteiger partial charge in [-0.15, -0.1) is 0 Å². The third-order valence-corrected chi connectivity index (χ3v) is 4.70. The lowest BCUT2D eigenvalue weighted by Gasteiger charge is -2.29. The van der Waals surface area contributed by atoms with Crippen molar-refractivity contribution in [1.29, 1.82) is 5.41 Å². The third kappa shape index (κ3) is 6.28. The fraction of sp³-hybridized carbons (Fsp3) is 0.348. The van der Waals surface area contributed by atoms with E-state index in [1.54, 1.807) is 51.1 Å². The van der Waals surface area contributed by atoms with Gasteiger partial charge in [0.05, 0.1) is 14.2 Å². The van der Waals surface area contributed by atoms with E-state index in [1.165, 1.54) is 26.4 Å². The molecule has 1 amide bonds. The average Bonchev–Trinajstić information content (AvgIpc) is 2.74. The number of nitrogens with one attached hydrogen (secondary N) is 3. The number of amides is 1. The van der Waals surface area contributed by atoms with Crippen LogP contribution in [0.5, 0.6) is 5.75 Å². The molecule has 0 bridgehead atoms. The van der Waals surface area contributed by atoms with Crippen molar-refractivity contribution < 1.29 is 23.5 Å². The molecule has 0 saturated carbocycles. The second kappa shape index (κ2) is 10.1. The van der Waals surface area contributed by atoms with Crippen LogP contribution < -0.4 is 15.4 Å². The second-order valence-electron chi connectivity index (χ2n) is 8.06. The van der Waals surface area contributed by atoms with Gasteiger partial charge in [0, 0.05) is 23.9 Å². The summed E-state index contributed by atoms with van der Waals surface area (Å²) in [5, 5.41) is 14.2. The first-order valence-corrected chi connectivity index (χ1v) is 9.70. The number of esters is 1. The van der Waals surface area contributed by atoms with Crippen molar-refractivity contribution in [3.63, 3.8) is 0 Å². The zero-order chi connectivity index (χ0) is 23.2. The van der Waals surface area contributed by atoms with Crippen molar-refractivity contribution in [3.8, 4) is 5.75 Å². The van der Waals surface area contributed by atoms with E-state index in [4.69, 9.17) is 14.9 Å². The van der Waals surface area contributed by atoms with Crippen LogP contribution in [0.3, 0.4) is 0 Å². The number of carbonyl (C=O) groups is 2. The van der Waals surface area contributed by atoms with Gasteiger partial charge in [-0.3, -0.25) is 10.2 Å². The molecule has 166 valence electrons. The maximum Gasteiger partial charge on any atom is 0.328 e. The van der Waals surface area contributed by atoms with Crippen LogP contribution in [-0.4, -0.2) is 37.8 Å². The summed E-state index contributed by atoms with van der Waals surface area (Å²) >= 11 is 0. The number of methoxy groups -OCH3 is 2. The SMILES string of the molecule is COC(=O)C(NC(=O)C(=N)c1ccc(OC)cc1NCc1ccc(F)cc1)C(C)(C)C. The van der Waals surface area contributed by atoms with E-state index in [0.717, 1.165) is 5.56 Å². The number of ether oxygens (including phenoxy) is 2. The highest BCUT2D eigenvalue weighted by molar-refractivity contribution is 6.45. The van der Waals surface area contributed by atoms with E-state index < -0.39 is 23.3 Å². The molecule has 1 atom stereocenters. The predicted octanol–water partition coefficient (Wildman–Crippen LogP) is 3.52. The molecule has 0 radical (unpaired) electrons. The van der Waals surface area contributed by atoms with E-state index in [2.05, 4.69) is 10.6 Å². The minimum absolute atomic E-state index is 0.317. The minimum atomic E-state index is -0.917.